The van der Waals surface area contributed by atoms with Crippen molar-refractivity contribution in [2.24, 2.45) is 5.92 Å². The molecule has 1 amide bonds. The molecule has 0 saturated carbocycles. The van der Waals surface area contributed by atoms with Crippen LogP contribution >= 0.6 is 0 Å². The van der Waals surface area contributed by atoms with E-state index < -0.39 is 16.2 Å². The molecule has 0 bridgehead atoms. The molecule has 0 aliphatic carbocycles. The number of nitrogens with zero attached hydrogens (tertiary/aromatic N) is 2. The van der Waals surface area contributed by atoms with Crippen molar-refractivity contribution in [2.45, 2.75) is 38.3 Å². The molecule has 1 aliphatic heterocycles. The number of hydrogen-bond donors (Lipinski definition) is 0. The normalized spacial score (nSPS) is 20.2. The van der Waals surface area contributed by atoms with E-state index in [1.165, 1.54) is 4.31 Å². The van der Waals surface area contributed by atoms with E-state index in [1.54, 1.807) is 42.2 Å². The predicted octanol–water partition coefficient (Wildman–Crippen LogP) is 1.91. The summed E-state index contributed by atoms with van der Waals surface area (Å²) >= 11 is 0. The molecule has 1 aliphatic rings. The lowest BCUT2D eigenvalue weighted by molar-refractivity contribution is -0.133. The van der Waals surface area contributed by atoms with Crippen molar-refractivity contribution in [1.29, 1.82) is 0 Å². The van der Waals surface area contributed by atoms with Gasteiger partial charge in [0.25, 0.3) is 0 Å². The Kier molecular flexibility index (Phi) is 4.68. The van der Waals surface area contributed by atoms with Gasteiger partial charge in [-0.15, -0.1) is 0 Å². The maximum atomic E-state index is 12.8. The van der Waals surface area contributed by atoms with E-state index in [0.29, 0.717) is 19.5 Å². The second-order valence-electron chi connectivity index (χ2n) is 5.53. The summed E-state index contributed by atoms with van der Waals surface area (Å²) in [7, 11) is -3.57. The fourth-order valence-electron chi connectivity index (χ4n) is 2.78. The van der Waals surface area contributed by atoms with Gasteiger partial charge < -0.3 is 4.90 Å². The van der Waals surface area contributed by atoms with Crippen molar-refractivity contribution in [2.75, 3.05) is 13.1 Å². The van der Waals surface area contributed by atoms with Gasteiger partial charge in [-0.25, -0.2) is 8.42 Å². The predicted molar refractivity (Wildman–Crippen MR) is 81.0 cm³/mol. The minimum atomic E-state index is -3.57. The highest BCUT2D eigenvalue weighted by atomic mass is 32.2. The third-order valence-electron chi connectivity index (χ3n) is 3.74. The zero-order valence-electron chi connectivity index (χ0n) is 12.7. The van der Waals surface area contributed by atoms with E-state index in [4.69, 9.17) is 0 Å². The summed E-state index contributed by atoms with van der Waals surface area (Å²) < 4.78 is 27.0. The Morgan fingerprint density at radius 2 is 1.86 bits per heavy atom. The molecule has 1 aromatic rings. The molecule has 0 radical (unpaired) electrons. The summed E-state index contributed by atoms with van der Waals surface area (Å²) in [5, 5.41) is 0. The van der Waals surface area contributed by atoms with Crippen LogP contribution in [0, 0.1) is 5.92 Å². The lowest BCUT2D eigenvalue weighted by atomic mass is 10.1. The minimum absolute atomic E-state index is 0.000498. The highest BCUT2D eigenvalue weighted by Crippen LogP contribution is 2.28. The Morgan fingerprint density at radius 3 is 2.38 bits per heavy atom. The number of carbonyl (C=O) groups excluding carboxylic acids is 1. The maximum Gasteiger partial charge on any atom is 0.244 e. The topological polar surface area (TPSA) is 57.7 Å². The number of hydrogen-bond acceptors (Lipinski definition) is 3. The average Bonchev–Trinajstić information content (AvgIpc) is 2.93. The number of benzene rings is 1. The van der Waals surface area contributed by atoms with E-state index in [1.807, 2.05) is 13.8 Å². The molecule has 1 aromatic carbocycles. The van der Waals surface area contributed by atoms with Gasteiger partial charge in [-0.1, -0.05) is 39.0 Å². The van der Waals surface area contributed by atoms with Crippen molar-refractivity contribution in [3.8, 4) is 0 Å². The molecule has 116 valence electrons. The quantitative estimate of drug-likeness (QED) is 0.853. The SMILES string of the molecule is CCC(=O)N1CCN(S(=O)(=O)c2ccccc2)[C@@H]1C(C)C. The second-order valence-corrected chi connectivity index (χ2v) is 7.42. The van der Waals surface area contributed by atoms with Crippen molar-refractivity contribution >= 4 is 15.9 Å². The van der Waals surface area contributed by atoms with Gasteiger partial charge in [0.2, 0.25) is 15.9 Å². The van der Waals surface area contributed by atoms with Crippen LogP contribution in [0.2, 0.25) is 0 Å². The van der Waals surface area contributed by atoms with Crippen LogP contribution in [0.25, 0.3) is 0 Å². The summed E-state index contributed by atoms with van der Waals surface area (Å²) in [6, 6.07) is 8.40. The summed E-state index contributed by atoms with van der Waals surface area (Å²) in [6.45, 7) is 6.50. The fourth-order valence-corrected chi connectivity index (χ4v) is 4.52. The third kappa shape index (κ3) is 2.96. The Hall–Kier alpha value is -1.40. The van der Waals surface area contributed by atoms with E-state index in [0.717, 1.165) is 0 Å². The summed E-state index contributed by atoms with van der Waals surface area (Å²) in [4.78, 5) is 14.0. The number of amides is 1. The first kappa shape index (κ1) is 16.0. The molecule has 0 aromatic heterocycles. The van der Waals surface area contributed by atoms with Gasteiger partial charge in [0.05, 0.1) is 4.90 Å². The number of sulfonamides is 1. The zero-order valence-corrected chi connectivity index (χ0v) is 13.5. The van der Waals surface area contributed by atoms with Crippen LogP contribution in [0.5, 0.6) is 0 Å². The van der Waals surface area contributed by atoms with Crippen molar-refractivity contribution in [3.63, 3.8) is 0 Å². The molecule has 1 fully saturated rings. The number of carbonyl (C=O) groups is 1. The minimum Gasteiger partial charge on any atom is -0.324 e. The summed E-state index contributed by atoms with van der Waals surface area (Å²) in [5.41, 5.74) is 0. The van der Waals surface area contributed by atoms with Crippen LogP contribution in [0.3, 0.4) is 0 Å². The lowest BCUT2D eigenvalue weighted by Gasteiger charge is -2.32. The van der Waals surface area contributed by atoms with Crippen LogP contribution in [0.4, 0.5) is 0 Å². The van der Waals surface area contributed by atoms with E-state index in [9.17, 15) is 13.2 Å². The highest BCUT2D eigenvalue weighted by molar-refractivity contribution is 7.89. The Bertz CT molecular complexity index is 599. The first-order valence-corrected chi connectivity index (χ1v) is 8.70. The Morgan fingerprint density at radius 1 is 1.24 bits per heavy atom. The molecule has 1 saturated heterocycles. The van der Waals surface area contributed by atoms with Gasteiger partial charge >= 0.3 is 0 Å². The molecule has 1 atom stereocenters. The van der Waals surface area contributed by atoms with Gasteiger partial charge in [-0.05, 0) is 18.1 Å². The van der Waals surface area contributed by atoms with Crippen LogP contribution < -0.4 is 0 Å². The van der Waals surface area contributed by atoms with E-state index in [2.05, 4.69) is 0 Å². The molecule has 0 unspecified atom stereocenters. The van der Waals surface area contributed by atoms with Gasteiger partial charge in [-0.3, -0.25) is 4.79 Å². The largest absolute Gasteiger partial charge is 0.324 e. The number of rotatable bonds is 4. The third-order valence-corrected chi connectivity index (χ3v) is 5.63. The zero-order chi connectivity index (χ0) is 15.6. The van der Waals surface area contributed by atoms with E-state index >= 15 is 0 Å². The summed E-state index contributed by atoms with van der Waals surface area (Å²) in [5.74, 6) is 0.0425. The molecule has 6 heteroatoms. The second kappa shape index (κ2) is 6.15. The molecule has 21 heavy (non-hydrogen) atoms. The van der Waals surface area contributed by atoms with Crippen molar-refractivity contribution < 1.29 is 13.2 Å². The molecular weight excluding hydrogens is 288 g/mol. The van der Waals surface area contributed by atoms with Gasteiger partial charge in [0.15, 0.2) is 0 Å². The van der Waals surface area contributed by atoms with Crippen LogP contribution in [0.1, 0.15) is 27.2 Å². The first-order valence-electron chi connectivity index (χ1n) is 7.26. The molecule has 5 nitrogen and oxygen atoms in total. The standard InChI is InChI=1S/C15H22N2O3S/c1-4-14(18)16-10-11-17(15(16)12(2)3)21(19,20)13-8-6-5-7-9-13/h5-9,12,15H,4,10-11H2,1-3H3/t15-/m1/s1. The molecule has 0 spiro atoms. The first-order chi connectivity index (χ1) is 9.89. The summed E-state index contributed by atoms with van der Waals surface area (Å²) in [6.07, 6.45) is -0.00900. The van der Waals surface area contributed by atoms with Crippen molar-refractivity contribution in [1.82, 2.24) is 9.21 Å². The Labute approximate surface area is 126 Å². The molecule has 1 heterocycles. The van der Waals surface area contributed by atoms with Crippen molar-refractivity contribution in [3.05, 3.63) is 30.3 Å². The molecular formula is C15H22N2O3S. The van der Waals surface area contributed by atoms with Gasteiger partial charge in [0, 0.05) is 19.5 Å². The molecule has 2 rings (SSSR count). The average molecular weight is 310 g/mol. The smallest absolute Gasteiger partial charge is 0.244 e. The van der Waals surface area contributed by atoms with Crippen LogP contribution in [-0.4, -0.2) is 42.8 Å². The van der Waals surface area contributed by atoms with Crippen LogP contribution in [-0.2, 0) is 14.8 Å². The fraction of sp³-hybridized carbons (Fsp3) is 0.533. The lowest BCUT2D eigenvalue weighted by Crippen LogP contribution is -2.47. The Balaban J connectivity index is 2.37. The highest BCUT2D eigenvalue weighted by Gasteiger charge is 2.43. The van der Waals surface area contributed by atoms with E-state index in [-0.39, 0.29) is 16.7 Å². The monoisotopic (exact) mass is 310 g/mol. The molecule has 0 N–H and O–H groups in total. The van der Waals surface area contributed by atoms with Gasteiger partial charge in [0.1, 0.15) is 6.17 Å². The van der Waals surface area contributed by atoms with Crippen LogP contribution in [0.15, 0.2) is 35.2 Å². The maximum absolute atomic E-state index is 12.8. The van der Waals surface area contributed by atoms with Gasteiger partial charge in [-0.2, -0.15) is 4.31 Å².